The summed E-state index contributed by atoms with van der Waals surface area (Å²) in [5.74, 6) is 0. The lowest BCUT2D eigenvalue weighted by molar-refractivity contribution is 0.0231. The van der Waals surface area contributed by atoms with E-state index in [4.69, 9.17) is 10.5 Å². The van der Waals surface area contributed by atoms with E-state index < -0.39 is 5.60 Å². The predicted molar refractivity (Wildman–Crippen MR) is 88.8 cm³/mol. The molecular weight excluding hydrogens is 278 g/mol. The molecule has 2 aliphatic rings. The number of hydrogen-bond acceptors (Lipinski definition) is 4. The number of nitrogens with zero attached hydrogens (tertiary/aromatic N) is 1. The highest BCUT2D eigenvalue weighted by atomic mass is 16.6. The first-order valence-electron chi connectivity index (χ1n) is 8.84. The van der Waals surface area contributed by atoms with E-state index in [2.05, 4.69) is 5.32 Å². The first-order valence-corrected chi connectivity index (χ1v) is 8.84. The van der Waals surface area contributed by atoms with Crippen LogP contribution in [0.15, 0.2) is 0 Å². The zero-order chi connectivity index (χ0) is 16.2. The van der Waals surface area contributed by atoms with Gasteiger partial charge >= 0.3 is 6.09 Å². The van der Waals surface area contributed by atoms with Crippen LogP contribution in [0.3, 0.4) is 0 Å². The van der Waals surface area contributed by atoms with E-state index in [-0.39, 0.29) is 6.09 Å². The van der Waals surface area contributed by atoms with Gasteiger partial charge in [-0.05, 0) is 72.3 Å². The Bertz CT molecular complexity index is 355. The van der Waals surface area contributed by atoms with Gasteiger partial charge in [0, 0.05) is 24.7 Å². The van der Waals surface area contributed by atoms with Gasteiger partial charge in [-0.3, -0.25) is 0 Å². The fourth-order valence-corrected chi connectivity index (χ4v) is 3.01. The molecule has 5 heteroatoms. The summed E-state index contributed by atoms with van der Waals surface area (Å²) in [7, 11) is 0. The van der Waals surface area contributed by atoms with Crippen molar-refractivity contribution in [2.24, 2.45) is 5.73 Å². The number of amides is 1. The van der Waals surface area contributed by atoms with E-state index in [1.165, 1.54) is 12.8 Å². The average molecular weight is 311 g/mol. The number of nitrogens with one attached hydrogen (secondary N) is 1. The molecule has 0 unspecified atom stereocenters. The van der Waals surface area contributed by atoms with Gasteiger partial charge in [0.1, 0.15) is 5.60 Å². The highest BCUT2D eigenvalue weighted by molar-refractivity contribution is 5.69. The second-order valence-electron chi connectivity index (χ2n) is 7.82. The number of carbonyl (C=O) groups is 1. The summed E-state index contributed by atoms with van der Waals surface area (Å²) >= 11 is 0. The molecule has 1 amide bonds. The summed E-state index contributed by atoms with van der Waals surface area (Å²) in [6.45, 7) is 7.52. The zero-order valence-corrected chi connectivity index (χ0v) is 14.4. The SMILES string of the molecule is CC(C)(C)OC(=O)N(CCCNC1CCC(N)CC1)C1CC1. The van der Waals surface area contributed by atoms with Gasteiger partial charge in [0.15, 0.2) is 0 Å². The third-order valence-electron chi connectivity index (χ3n) is 4.40. The number of nitrogens with two attached hydrogens (primary N) is 1. The van der Waals surface area contributed by atoms with Gasteiger partial charge in [-0.1, -0.05) is 0 Å². The molecule has 0 bridgehead atoms. The van der Waals surface area contributed by atoms with Crippen molar-refractivity contribution in [1.82, 2.24) is 10.2 Å². The van der Waals surface area contributed by atoms with Crippen LogP contribution in [0, 0.1) is 0 Å². The van der Waals surface area contributed by atoms with Crippen molar-refractivity contribution >= 4 is 6.09 Å². The molecule has 0 atom stereocenters. The highest BCUT2D eigenvalue weighted by Gasteiger charge is 2.34. The number of hydrogen-bond donors (Lipinski definition) is 2. The molecule has 3 N–H and O–H groups in total. The molecule has 0 aliphatic heterocycles. The summed E-state index contributed by atoms with van der Waals surface area (Å²) in [6.07, 6.45) is 7.68. The maximum absolute atomic E-state index is 12.2. The maximum Gasteiger partial charge on any atom is 0.410 e. The molecule has 128 valence electrons. The lowest BCUT2D eigenvalue weighted by Gasteiger charge is -2.29. The summed E-state index contributed by atoms with van der Waals surface area (Å²) in [4.78, 5) is 14.2. The fourth-order valence-electron chi connectivity index (χ4n) is 3.01. The molecule has 2 fully saturated rings. The minimum atomic E-state index is -0.413. The molecule has 0 heterocycles. The van der Waals surface area contributed by atoms with Crippen LogP contribution in [0.2, 0.25) is 0 Å². The molecular formula is C17H33N3O2. The largest absolute Gasteiger partial charge is 0.444 e. The number of carbonyl (C=O) groups excluding carboxylic acids is 1. The Kier molecular flexibility index (Phi) is 6.09. The van der Waals surface area contributed by atoms with Gasteiger partial charge < -0.3 is 20.7 Å². The van der Waals surface area contributed by atoms with Crippen LogP contribution in [0.1, 0.15) is 65.7 Å². The van der Waals surface area contributed by atoms with Crippen LogP contribution in [0.25, 0.3) is 0 Å². The minimum absolute atomic E-state index is 0.154. The van der Waals surface area contributed by atoms with Crippen molar-refractivity contribution < 1.29 is 9.53 Å². The van der Waals surface area contributed by atoms with E-state index in [0.717, 1.165) is 45.2 Å². The van der Waals surface area contributed by atoms with Crippen LogP contribution < -0.4 is 11.1 Å². The molecule has 2 saturated carbocycles. The lowest BCUT2D eigenvalue weighted by atomic mass is 9.92. The second kappa shape index (κ2) is 7.64. The fraction of sp³-hybridized carbons (Fsp3) is 0.941. The Morgan fingerprint density at radius 1 is 1.18 bits per heavy atom. The van der Waals surface area contributed by atoms with Gasteiger partial charge in [0.25, 0.3) is 0 Å². The van der Waals surface area contributed by atoms with Gasteiger partial charge in [0.2, 0.25) is 0 Å². The monoisotopic (exact) mass is 311 g/mol. The van der Waals surface area contributed by atoms with E-state index in [1.54, 1.807) is 0 Å². The summed E-state index contributed by atoms with van der Waals surface area (Å²) in [5.41, 5.74) is 5.52. The summed E-state index contributed by atoms with van der Waals surface area (Å²) in [6, 6.07) is 1.41. The van der Waals surface area contributed by atoms with Crippen molar-refractivity contribution in [2.75, 3.05) is 13.1 Å². The van der Waals surface area contributed by atoms with Crippen molar-refractivity contribution in [3.63, 3.8) is 0 Å². The molecule has 2 aliphatic carbocycles. The van der Waals surface area contributed by atoms with Crippen molar-refractivity contribution in [1.29, 1.82) is 0 Å². The van der Waals surface area contributed by atoms with Crippen LogP contribution in [0.4, 0.5) is 4.79 Å². The third kappa shape index (κ3) is 6.13. The summed E-state index contributed by atoms with van der Waals surface area (Å²) in [5, 5.41) is 3.61. The smallest absolute Gasteiger partial charge is 0.410 e. The van der Waals surface area contributed by atoms with Crippen molar-refractivity contribution in [3.05, 3.63) is 0 Å². The number of rotatable bonds is 6. The molecule has 0 radical (unpaired) electrons. The Hall–Kier alpha value is -0.810. The Balaban J connectivity index is 1.66. The van der Waals surface area contributed by atoms with E-state index >= 15 is 0 Å². The van der Waals surface area contributed by atoms with E-state index in [0.29, 0.717) is 18.1 Å². The molecule has 22 heavy (non-hydrogen) atoms. The molecule has 0 saturated heterocycles. The molecule has 0 spiro atoms. The molecule has 0 aromatic rings. The van der Waals surface area contributed by atoms with E-state index in [9.17, 15) is 4.79 Å². The molecule has 2 rings (SSSR count). The molecule has 5 nitrogen and oxygen atoms in total. The molecule has 0 aromatic heterocycles. The topological polar surface area (TPSA) is 67.6 Å². The third-order valence-corrected chi connectivity index (χ3v) is 4.40. The Labute approximate surface area is 134 Å². The van der Waals surface area contributed by atoms with Gasteiger partial charge in [-0.25, -0.2) is 4.79 Å². The zero-order valence-electron chi connectivity index (χ0n) is 14.4. The Morgan fingerprint density at radius 3 is 2.36 bits per heavy atom. The quantitative estimate of drug-likeness (QED) is 0.740. The first-order chi connectivity index (χ1) is 10.3. The normalized spacial score (nSPS) is 25.8. The Morgan fingerprint density at radius 2 is 1.82 bits per heavy atom. The lowest BCUT2D eigenvalue weighted by Crippen LogP contribution is -2.41. The van der Waals surface area contributed by atoms with E-state index in [1.807, 2.05) is 25.7 Å². The predicted octanol–water partition coefficient (Wildman–Crippen LogP) is 2.64. The summed E-state index contributed by atoms with van der Waals surface area (Å²) < 4.78 is 5.51. The van der Waals surface area contributed by atoms with Crippen molar-refractivity contribution in [2.45, 2.75) is 89.4 Å². The standard InChI is InChI=1S/C17H33N3O2/c1-17(2,3)22-16(21)20(15-9-10-15)12-4-11-19-14-7-5-13(18)6-8-14/h13-15,19H,4-12,18H2,1-3H3. The average Bonchev–Trinajstić information content (AvgIpc) is 3.23. The second-order valence-corrected chi connectivity index (χ2v) is 7.82. The van der Waals surface area contributed by atoms with Crippen molar-refractivity contribution in [3.8, 4) is 0 Å². The highest BCUT2D eigenvalue weighted by Crippen LogP contribution is 2.28. The van der Waals surface area contributed by atoms with Crippen LogP contribution in [0.5, 0.6) is 0 Å². The minimum Gasteiger partial charge on any atom is -0.444 e. The number of ether oxygens (including phenoxy) is 1. The van der Waals surface area contributed by atoms with Crippen LogP contribution >= 0.6 is 0 Å². The van der Waals surface area contributed by atoms with Crippen LogP contribution in [-0.2, 0) is 4.74 Å². The van der Waals surface area contributed by atoms with Gasteiger partial charge in [-0.2, -0.15) is 0 Å². The molecule has 0 aromatic carbocycles. The van der Waals surface area contributed by atoms with Gasteiger partial charge in [-0.15, -0.1) is 0 Å². The van der Waals surface area contributed by atoms with Crippen LogP contribution in [-0.4, -0.2) is 47.8 Å². The first kappa shape index (κ1) is 17.5. The maximum atomic E-state index is 12.2. The van der Waals surface area contributed by atoms with Gasteiger partial charge in [0.05, 0.1) is 0 Å².